The molecule has 1 aliphatic rings. The summed E-state index contributed by atoms with van der Waals surface area (Å²) < 4.78 is 9.95. The van der Waals surface area contributed by atoms with Crippen LogP contribution in [0.2, 0.25) is 0 Å². The van der Waals surface area contributed by atoms with Gasteiger partial charge in [-0.15, -0.1) is 0 Å². The van der Waals surface area contributed by atoms with E-state index in [1.165, 1.54) is 7.11 Å². The van der Waals surface area contributed by atoms with E-state index in [4.69, 9.17) is 4.74 Å². The van der Waals surface area contributed by atoms with Crippen molar-refractivity contribution in [2.24, 2.45) is 0 Å². The summed E-state index contributed by atoms with van der Waals surface area (Å²) in [5.74, 6) is -0.214. The number of carbonyl (C=O) groups is 1. The van der Waals surface area contributed by atoms with Crippen LogP contribution in [0.15, 0.2) is 0 Å². The van der Waals surface area contributed by atoms with Crippen LogP contribution in [0.4, 0.5) is 0 Å². The fourth-order valence-corrected chi connectivity index (χ4v) is 1.90. The fourth-order valence-electron chi connectivity index (χ4n) is 1.90. The van der Waals surface area contributed by atoms with Gasteiger partial charge in [-0.25, -0.2) is 0 Å². The van der Waals surface area contributed by atoms with Crippen LogP contribution in [0.5, 0.6) is 0 Å². The van der Waals surface area contributed by atoms with E-state index in [-0.39, 0.29) is 18.1 Å². The van der Waals surface area contributed by atoms with Crippen LogP contribution in [-0.4, -0.2) is 62.9 Å². The second kappa shape index (κ2) is 6.83. The molecule has 0 aromatic carbocycles. The molecule has 16 heavy (non-hydrogen) atoms. The third-order valence-corrected chi connectivity index (χ3v) is 2.73. The van der Waals surface area contributed by atoms with Gasteiger partial charge >= 0.3 is 5.97 Å². The van der Waals surface area contributed by atoms with Crippen LogP contribution in [-0.2, 0) is 14.3 Å². The minimum absolute atomic E-state index is 0.214. The lowest BCUT2D eigenvalue weighted by atomic mass is 10.2. The van der Waals surface area contributed by atoms with Gasteiger partial charge < -0.3 is 14.8 Å². The van der Waals surface area contributed by atoms with Gasteiger partial charge in [-0.3, -0.25) is 9.69 Å². The molecule has 1 heterocycles. The molecule has 0 radical (unpaired) electrons. The van der Waals surface area contributed by atoms with E-state index < -0.39 is 0 Å². The highest BCUT2D eigenvalue weighted by Crippen LogP contribution is 1.99. The molecule has 0 aliphatic carbocycles. The first-order chi connectivity index (χ1) is 7.63. The average molecular weight is 230 g/mol. The van der Waals surface area contributed by atoms with Crippen molar-refractivity contribution in [3.8, 4) is 0 Å². The molecule has 0 aromatic heterocycles. The maximum Gasteiger partial charge on any atom is 0.322 e. The first-order valence-corrected chi connectivity index (χ1v) is 5.77. The van der Waals surface area contributed by atoms with Crippen LogP contribution >= 0.6 is 0 Å². The SMILES string of the molecule is COC(=O)C(C)NC(C)CN1CCOCC1. The number of rotatable bonds is 5. The maximum atomic E-state index is 11.2. The second-order valence-corrected chi connectivity index (χ2v) is 4.23. The van der Waals surface area contributed by atoms with Crippen molar-refractivity contribution < 1.29 is 14.3 Å². The summed E-state index contributed by atoms with van der Waals surface area (Å²) in [6, 6.07) is 0.0215. The molecule has 0 amide bonds. The van der Waals surface area contributed by atoms with Gasteiger partial charge in [0.1, 0.15) is 6.04 Å². The van der Waals surface area contributed by atoms with Gasteiger partial charge in [-0.1, -0.05) is 0 Å². The fraction of sp³-hybridized carbons (Fsp3) is 0.909. The number of ether oxygens (including phenoxy) is 2. The molecule has 0 saturated carbocycles. The third-order valence-electron chi connectivity index (χ3n) is 2.73. The van der Waals surface area contributed by atoms with Gasteiger partial charge in [-0.2, -0.15) is 0 Å². The molecular formula is C11H22N2O3. The highest BCUT2D eigenvalue weighted by atomic mass is 16.5. The molecule has 5 heteroatoms. The summed E-state index contributed by atoms with van der Waals surface area (Å²) in [5, 5.41) is 3.22. The van der Waals surface area contributed by atoms with Crippen molar-refractivity contribution in [1.29, 1.82) is 0 Å². The van der Waals surface area contributed by atoms with E-state index in [2.05, 4.69) is 21.9 Å². The molecule has 1 fully saturated rings. The molecule has 2 atom stereocenters. The Balaban J connectivity index is 2.23. The van der Waals surface area contributed by atoms with E-state index in [1.54, 1.807) is 0 Å². The van der Waals surface area contributed by atoms with Gasteiger partial charge in [-0.05, 0) is 13.8 Å². The van der Waals surface area contributed by atoms with E-state index in [0.717, 1.165) is 32.8 Å². The monoisotopic (exact) mass is 230 g/mol. The molecule has 5 nitrogen and oxygen atoms in total. The van der Waals surface area contributed by atoms with Crippen LogP contribution in [0, 0.1) is 0 Å². The lowest BCUT2D eigenvalue weighted by Crippen LogP contribution is -2.48. The van der Waals surface area contributed by atoms with Gasteiger partial charge in [0, 0.05) is 25.7 Å². The van der Waals surface area contributed by atoms with E-state index >= 15 is 0 Å². The van der Waals surface area contributed by atoms with Crippen molar-refractivity contribution in [3.05, 3.63) is 0 Å². The number of nitrogens with one attached hydrogen (secondary N) is 1. The summed E-state index contributed by atoms with van der Waals surface area (Å²) in [5.41, 5.74) is 0. The van der Waals surface area contributed by atoms with Gasteiger partial charge in [0.25, 0.3) is 0 Å². The first kappa shape index (κ1) is 13.4. The second-order valence-electron chi connectivity index (χ2n) is 4.23. The lowest BCUT2D eigenvalue weighted by molar-refractivity contribution is -0.142. The quantitative estimate of drug-likeness (QED) is 0.666. The minimum atomic E-state index is -0.249. The smallest absolute Gasteiger partial charge is 0.322 e. The molecular weight excluding hydrogens is 208 g/mol. The Kier molecular flexibility index (Phi) is 5.73. The zero-order chi connectivity index (χ0) is 12.0. The number of carbonyl (C=O) groups excluding carboxylic acids is 1. The Morgan fingerprint density at radius 3 is 2.62 bits per heavy atom. The van der Waals surface area contributed by atoms with Crippen LogP contribution in [0.1, 0.15) is 13.8 Å². The standard InChI is InChI=1S/C11H22N2O3/c1-9(12-10(2)11(14)15-3)8-13-4-6-16-7-5-13/h9-10,12H,4-8H2,1-3H3. The number of methoxy groups -OCH3 is 1. The van der Waals surface area contributed by atoms with Crippen molar-refractivity contribution in [2.75, 3.05) is 40.0 Å². The summed E-state index contributed by atoms with van der Waals surface area (Å²) in [7, 11) is 1.41. The summed E-state index contributed by atoms with van der Waals surface area (Å²) >= 11 is 0. The maximum absolute atomic E-state index is 11.2. The molecule has 0 aromatic rings. The van der Waals surface area contributed by atoms with Crippen molar-refractivity contribution in [1.82, 2.24) is 10.2 Å². The summed E-state index contributed by atoms with van der Waals surface area (Å²) in [6.45, 7) is 8.39. The van der Waals surface area contributed by atoms with E-state index in [9.17, 15) is 4.79 Å². The predicted molar refractivity (Wildman–Crippen MR) is 61.3 cm³/mol. The first-order valence-electron chi connectivity index (χ1n) is 5.77. The Labute approximate surface area is 97.1 Å². The average Bonchev–Trinajstić information content (AvgIpc) is 2.29. The molecule has 1 aliphatic heterocycles. The zero-order valence-corrected chi connectivity index (χ0v) is 10.4. The predicted octanol–water partition coefficient (Wildman–Crippen LogP) is -0.142. The molecule has 0 bridgehead atoms. The van der Waals surface area contributed by atoms with Gasteiger partial charge in [0.05, 0.1) is 20.3 Å². The Morgan fingerprint density at radius 1 is 1.44 bits per heavy atom. The normalized spacial score (nSPS) is 21.4. The van der Waals surface area contributed by atoms with Gasteiger partial charge in [0.15, 0.2) is 0 Å². The summed E-state index contributed by atoms with van der Waals surface area (Å²) in [4.78, 5) is 13.6. The number of hydrogen-bond acceptors (Lipinski definition) is 5. The number of esters is 1. The molecule has 0 spiro atoms. The topological polar surface area (TPSA) is 50.8 Å². The molecule has 94 valence electrons. The highest BCUT2D eigenvalue weighted by Gasteiger charge is 2.18. The number of hydrogen-bond donors (Lipinski definition) is 1. The molecule has 2 unspecified atom stereocenters. The minimum Gasteiger partial charge on any atom is -0.468 e. The van der Waals surface area contributed by atoms with Crippen LogP contribution in [0.25, 0.3) is 0 Å². The highest BCUT2D eigenvalue weighted by molar-refractivity contribution is 5.75. The molecule has 1 saturated heterocycles. The molecule has 1 N–H and O–H groups in total. The molecule has 1 rings (SSSR count). The Morgan fingerprint density at radius 2 is 2.06 bits per heavy atom. The van der Waals surface area contributed by atoms with Crippen molar-refractivity contribution >= 4 is 5.97 Å². The number of morpholine rings is 1. The van der Waals surface area contributed by atoms with Crippen molar-refractivity contribution in [2.45, 2.75) is 25.9 Å². The third kappa shape index (κ3) is 4.47. The van der Waals surface area contributed by atoms with Gasteiger partial charge in [0.2, 0.25) is 0 Å². The van der Waals surface area contributed by atoms with E-state index in [1.807, 2.05) is 6.92 Å². The Hall–Kier alpha value is -0.650. The summed E-state index contributed by atoms with van der Waals surface area (Å²) in [6.07, 6.45) is 0. The van der Waals surface area contributed by atoms with Crippen LogP contribution in [0.3, 0.4) is 0 Å². The largest absolute Gasteiger partial charge is 0.468 e. The lowest BCUT2D eigenvalue weighted by Gasteiger charge is -2.30. The van der Waals surface area contributed by atoms with E-state index in [0.29, 0.717) is 0 Å². The number of nitrogens with zero attached hydrogens (tertiary/aromatic N) is 1. The Bertz CT molecular complexity index is 217. The van der Waals surface area contributed by atoms with Crippen molar-refractivity contribution in [3.63, 3.8) is 0 Å². The zero-order valence-electron chi connectivity index (χ0n) is 10.4. The van der Waals surface area contributed by atoms with Crippen LogP contribution < -0.4 is 5.32 Å².